The van der Waals surface area contributed by atoms with E-state index in [-0.39, 0.29) is 6.42 Å². The molecular weight excluding hydrogens is 410 g/mol. The van der Waals surface area contributed by atoms with E-state index < -0.39 is 29.5 Å². The molecule has 2 aromatic carbocycles. The van der Waals surface area contributed by atoms with E-state index in [1.165, 1.54) is 14.2 Å². The van der Waals surface area contributed by atoms with Crippen molar-refractivity contribution in [3.8, 4) is 0 Å². The van der Waals surface area contributed by atoms with Gasteiger partial charge in [0.05, 0.1) is 19.9 Å². The zero-order valence-corrected chi connectivity index (χ0v) is 18.2. The molecule has 0 aliphatic carbocycles. The van der Waals surface area contributed by atoms with Crippen molar-refractivity contribution in [3.63, 3.8) is 0 Å². The van der Waals surface area contributed by atoms with Gasteiger partial charge in [0.15, 0.2) is 5.41 Å². The normalized spacial score (nSPS) is 19.9. The third-order valence-electron chi connectivity index (χ3n) is 5.75. The smallest absolute Gasteiger partial charge is 0.325 e. The van der Waals surface area contributed by atoms with Gasteiger partial charge in [-0.15, -0.1) is 0 Å². The SMILES string of the molecule is COC(=O)C1(C(=O)OC)CC(c2ccc(C)o2)ON(c2ccccc2)C1c1ccccc1. The average Bonchev–Trinajstić information content (AvgIpc) is 3.29. The molecule has 2 atom stereocenters. The lowest BCUT2D eigenvalue weighted by Crippen LogP contribution is -2.56. The van der Waals surface area contributed by atoms with Gasteiger partial charge in [-0.25, -0.2) is 5.06 Å². The second-order valence-electron chi connectivity index (χ2n) is 7.68. The number of para-hydroxylation sites is 1. The van der Waals surface area contributed by atoms with E-state index in [4.69, 9.17) is 18.7 Å². The molecule has 7 nitrogen and oxygen atoms in total. The topological polar surface area (TPSA) is 78.2 Å². The van der Waals surface area contributed by atoms with Crippen LogP contribution in [-0.4, -0.2) is 26.2 Å². The number of esters is 2. The molecule has 0 saturated carbocycles. The Morgan fingerprint density at radius 1 is 0.906 bits per heavy atom. The first-order chi connectivity index (χ1) is 15.5. The van der Waals surface area contributed by atoms with Crippen molar-refractivity contribution < 1.29 is 28.3 Å². The van der Waals surface area contributed by atoms with Gasteiger partial charge in [0.2, 0.25) is 0 Å². The first kappa shape index (κ1) is 21.6. The predicted octanol–water partition coefficient (Wildman–Crippen LogP) is 4.54. The zero-order valence-electron chi connectivity index (χ0n) is 18.2. The molecule has 1 fully saturated rings. The highest BCUT2D eigenvalue weighted by Crippen LogP contribution is 2.53. The molecule has 1 saturated heterocycles. The van der Waals surface area contributed by atoms with Gasteiger partial charge >= 0.3 is 11.9 Å². The maximum atomic E-state index is 13.4. The first-order valence-corrected chi connectivity index (χ1v) is 10.3. The summed E-state index contributed by atoms with van der Waals surface area (Å²) in [5.41, 5.74) is -0.322. The highest BCUT2D eigenvalue weighted by atomic mass is 16.7. The number of carbonyl (C=O) groups excluding carboxylic acids is 2. The fourth-order valence-electron chi connectivity index (χ4n) is 4.30. The maximum absolute atomic E-state index is 13.4. The molecule has 1 aliphatic heterocycles. The van der Waals surface area contributed by atoms with E-state index in [0.29, 0.717) is 22.8 Å². The molecule has 2 heterocycles. The van der Waals surface area contributed by atoms with Crippen LogP contribution < -0.4 is 5.06 Å². The van der Waals surface area contributed by atoms with Crippen LogP contribution in [0.4, 0.5) is 5.69 Å². The summed E-state index contributed by atoms with van der Waals surface area (Å²) in [5, 5.41) is 1.59. The molecule has 4 rings (SSSR count). The van der Waals surface area contributed by atoms with Crippen molar-refractivity contribution in [1.82, 2.24) is 0 Å². The van der Waals surface area contributed by atoms with Crippen LogP contribution in [0.3, 0.4) is 0 Å². The summed E-state index contributed by atoms with van der Waals surface area (Å²) in [6.07, 6.45) is -0.732. The highest BCUT2D eigenvalue weighted by molar-refractivity contribution is 6.02. The van der Waals surface area contributed by atoms with E-state index >= 15 is 0 Å². The second kappa shape index (κ2) is 8.88. The molecule has 0 spiro atoms. The number of hydroxylamine groups is 1. The lowest BCUT2D eigenvalue weighted by Gasteiger charge is -2.48. The standard InChI is InChI=1S/C25H25NO6/c1-17-14-15-20(31-17)21-16-25(23(27)29-2,24(28)30-3)22(18-10-6-4-7-11-18)26(32-21)19-12-8-5-9-13-19/h4-15,21-22H,16H2,1-3H3. The van der Waals surface area contributed by atoms with Crippen LogP contribution in [0.15, 0.2) is 77.2 Å². The number of aryl methyl sites for hydroxylation is 1. The number of ether oxygens (including phenoxy) is 2. The summed E-state index contributed by atoms with van der Waals surface area (Å²) >= 11 is 0. The minimum atomic E-state index is -1.70. The number of rotatable bonds is 5. The third-order valence-corrected chi connectivity index (χ3v) is 5.75. The first-order valence-electron chi connectivity index (χ1n) is 10.3. The Bertz CT molecular complexity index is 1060. The van der Waals surface area contributed by atoms with Crippen molar-refractivity contribution in [2.45, 2.75) is 25.5 Å². The number of hydrogen-bond donors (Lipinski definition) is 0. The van der Waals surface area contributed by atoms with Crippen molar-refractivity contribution in [1.29, 1.82) is 0 Å². The lowest BCUT2D eigenvalue weighted by atomic mass is 9.71. The third kappa shape index (κ3) is 3.65. The zero-order chi connectivity index (χ0) is 22.7. The lowest BCUT2D eigenvalue weighted by molar-refractivity contribution is -0.187. The van der Waals surface area contributed by atoms with Gasteiger partial charge in [0.1, 0.15) is 23.7 Å². The van der Waals surface area contributed by atoms with E-state index in [1.807, 2.05) is 73.7 Å². The summed E-state index contributed by atoms with van der Waals surface area (Å²) < 4.78 is 16.2. The van der Waals surface area contributed by atoms with Crippen LogP contribution in [0, 0.1) is 12.3 Å². The highest BCUT2D eigenvalue weighted by Gasteiger charge is 2.62. The average molecular weight is 435 g/mol. The van der Waals surface area contributed by atoms with Gasteiger partial charge in [-0.1, -0.05) is 48.5 Å². The molecule has 32 heavy (non-hydrogen) atoms. The minimum Gasteiger partial charge on any atom is -0.468 e. The van der Waals surface area contributed by atoms with Crippen molar-refractivity contribution in [2.75, 3.05) is 19.3 Å². The molecule has 0 amide bonds. The van der Waals surface area contributed by atoms with E-state index in [0.717, 1.165) is 0 Å². The van der Waals surface area contributed by atoms with Crippen LogP contribution in [0.25, 0.3) is 0 Å². The predicted molar refractivity (Wildman–Crippen MR) is 116 cm³/mol. The Morgan fingerprint density at radius 3 is 2.03 bits per heavy atom. The van der Waals surface area contributed by atoms with Gasteiger partial charge in [-0.3, -0.25) is 14.4 Å². The molecular formula is C25H25NO6. The Balaban J connectivity index is 1.96. The molecule has 0 bridgehead atoms. The number of hydrogen-bond acceptors (Lipinski definition) is 7. The minimum absolute atomic E-state index is 0.0117. The Morgan fingerprint density at radius 2 is 1.50 bits per heavy atom. The van der Waals surface area contributed by atoms with Gasteiger partial charge in [0.25, 0.3) is 0 Å². The summed E-state index contributed by atoms with van der Waals surface area (Å²) in [5.74, 6) is -0.194. The monoisotopic (exact) mass is 435 g/mol. The van der Waals surface area contributed by atoms with E-state index in [9.17, 15) is 9.59 Å². The molecule has 2 unspecified atom stereocenters. The van der Waals surface area contributed by atoms with Crippen molar-refractivity contribution >= 4 is 17.6 Å². The van der Waals surface area contributed by atoms with Crippen LogP contribution in [0.2, 0.25) is 0 Å². The molecule has 0 N–H and O–H groups in total. The molecule has 1 aromatic heterocycles. The van der Waals surface area contributed by atoms with E-state index in [1.54, 1.807) is 11.1 Å². The molecule has 3 aromatic rings. The van der Waals surface area contributed by atoms with Gasteiger partial charge in [-0.05, 0) is 36.8 Å². The van der Waals surface area contributed by atoms with E-state index in [2.05, 4.69) is 0 Å². The fourth-order valence-corrected chi connectivity index (χ4v) is 4.30. The number of nitrogens with zero attached hydrogens (tertiary/aromatic N) is 1. The van der Waals surface area contributed by atoms with Gasteiger partial charge in [-0.2, -0.15) is 0 Å². The quantitative estimate of drug-likeness (QED) is 0.430. The summed E-state index contributed by atoms with van der Waals surface area (Å²) in [6.45, 7) is 1.82. The number of methoxy groups -OCH3 is 2. The Hall–Kier alpha value is -3.58. The van der Waals surface area contributed by atoms with Crippen LogP contribution in [-0.2, 0) is 23.9 Å². The summed E-state index contributed by atoms with van der Waals surface area (Å²) in [6, 6.07) is 21.3. The van der Waals surface area contributed by atoms with Gasteiger partial charge < -0.3 is 13.9 Å². The maximum Gasteiger partial charge on any atom is 0.325 e. The van der Waals surface area contributed by atoms with Crippen LogP contribution >= 0.6 is 0 Å². The molecule has 166 valence electrons. The number of benzene rings is 2. The Labute approximate surface area is 186 Å². The van der Waals surface area contributed by atoms with Gasteiger partial charge in [0, 0.05) is 6.42 Å². The van der Waals surface area contributed by atoms with Crippen LogP contribution in [0.1, 0.15) is 35.7 Å². The Kier molecular flexibility index (Phi) is 6.01. The molecule has 0 radical (unpaired) electrons. The summed E-state index contributed by atoms with van der Waals surface area (Å²) in [4.78, 5) is 33.2. The number of anilines is 1. The van der Waals surface area contributed by atoms with Crippen molar-refractivity contribution in [3.05, 3.63) is 89.9 Å². The van der Waals surface area contributed by atoms with Crippen molar-refractivity contribution in [2.24, 2.45) is 5.41 Å². The number of furan rings is 1. The molecule has 1 aliphatic rings. The van der Waals surface area contributed by atoms with Crippen LogP contribution in [0.5, 0.6) is 0 Å². The fraction of sp³-hybridized carbons (Fsp3) is 0.280. The largest absolute Gasteiger partial charge is 0.468 e. The second-order valence-corrected chi connectivity index (χ2v) is 7.68. The summed E-state index contributed by atoms with van der Waals surface area (Å²) in [7, 11) is 2.53. The molecule has 7 heteroatoms. The number of carbonyl (C=O) groups is 2.